The summed E-state index contributed by atoms with van der Waals surface area (Å²) in [5.74, 6) is 0.0764. The van der Waals surface area contributed by atoms with Crippen molar-refractivity contribution in [3.8, 4) is 0 Å². The molecule has 0 aromatic heterocycles. The first-order valence-electron chi connectivity index (χ1n) is 7.77. The Kier molecular flexibility index (Phi) is 6.92. The molecule has 1 saturated heterocycles. The zero-order valence-electron chi connectivity index (χ0n) is 13.5. The molecule has 0 aliphatic carbocycles. The minimum Gasteiger partial charge on any atom is -0.387 e. The molecule has 1 amide bonds. The molecule has 1 rings (SSSR count). The lowest BCUT2D eigenvalue weighted by Crippen LogP contribution is -2.57. The van der Waals surface area contributed by atoms with Crippen LogP contribution in [0, 0.1) is 0 Å². The van der Waals surface area contributed by atoms with E-state index in [1.54, 1.807) is 0 Å². The van der Waals surface area contributed by atoms with Gasteiger partial charge in [0.2, 0.25) is 5.91 Å². The molecule has 0 aromatic carbocycles. The Morgan fingerprint density at radius 1 is 1.50 bits per heavy atom. The Bertz CT molecular complexity index is 309. The summed E-state index contributed by atoms with van der Waals surface area (Å²) >= 11 is 0. The van der Waals surface area contributed by atoms with Gasteiger partial charge in [0.1, 0.15) is 0 Å². The topological polar surface area (TPSA) is 55.8 Å². The normalized spacial score (nSPS) is 25.7. The first kappa shape index (κ1) is 17.4. The highest BCUT2D eigenvalue weighted by Gasteiger charge is 2.36. The Morgan fingerprint density at radius 3 is 2.80 bits per heavy atom. The number of likely N-dealkylation sites (N-methyl/N-ethyl adjacent to an activating group) is 1. The van der Waals surface area contributed by atoms with Crippen LogP contribution >= 0.6 is 0 Å². The third-order valence-electron chi connectivity index (χ3n) is 3.95. The molecule has 2 N–H and O–H groups in total. The first-order valence-corrected chi connectivity index (χ1v) is 7.77. The third kappa shape index (κ3) is 5.38. The molecule has 5 nitrogen and oxygen atoms in total. The number of rotatable bonds is 7. The Morgan fingerprint density at radius 2 is 2.20 bits per heavy atom. The van der Waals surface area contributed by atoms with Gasteiger partial charge in [0.15, 0.2) is 0 Å². The number of nitrogens with one attached hydrogen (secondary N) is 1. The fourth-order valence-corrected chi connectivity index (χ4v) is 2.90. The van der Waals surface area contributed by atoms with Crippen LogP contribution in [0.1, 0.15) is 39.5 Å². The minimum atomic E-state index is -0.695. The summed E-state index contributed by atoms with van der Waals surface area (Å²) in [5, 5.41) is 13.6. The molecular weight excluding hydrogens is 254 g/mol. The minimum absolute atomic E-state index is 0.0764. The van der Waals surface area contributed by atoms with Crippen LogP contribution < -0.4 is 5.32 Å². The lowest BCUT2D eigenvalue weighted by Gasteiger charge is -2.42. The molecule has 1 fully saturated rings. The lowest BCUT2D eigenvalue weighted by atomic mass is 9.91. The molecule has 1 aliphatic rings. The molecule has 0 radical (unpaired) electrons. The van der Waals surface area contributed by atoms with Gasteiger partial charge in [0.05, 0.1) is 11.6 Å². The number of likely N-dealkylation sites (tertiary alicyclic amines) is 1. The van der Waals surface area contributed by atoms with E-state index in [-0.39, 0.29) is 11.9 Å². The smallest absolute Gasteiger partial charge is 0.237 e. The summed E-state index contributed by atoms with van der Waals surface area (Å²) in [4.78, 5) is 16.2. The van der Waals surface area contributed by atoms with Gasteiger partial charge >= 0.3 is 0 Å². The molecule has 118 valence electrons. The van der Waals surface area contributed by atoms with Crippen LogP contribution in [-0.4, -0.2) is 72.7 Å². The van der Waals surface area contributed by atoms with E-state index in [0.29, 0.717) is 13.1 Å². The summed E-state index contributed by atoms with van der Waals surface area (Å²) in [6.07, 6.45) is 3.85. The van der Waals surface area contributed by atoms with Gasteiger partial charge in [-0.2, -0.15) is 0 Å². The molecule has 0 aromatic rings. The quantitative estimate of drug-likeness (QED) is 0.676. The first-order chi connectivity index (χ1) is 9.38. The molecule has 2 atom stereocenters. The van der Waals surface area contributed by atoms with E-state index >= 15 is 0 Å². The Labute approximate surface area is 123 Å². The lowest BCUT2D eigenvalue weighted by molar-refractivity contribution is -0.129. The Balaban J connectivity index is 2.51. The van der Waals surface area contributed by atoms with Gasteiger partial charge in [-0.15, -0.1) is 0 Å². The third-order valence-corrected chi connectivity index (χ3v) is 3.95. The van der Waals surface area contributed by atoms with Crippen molar-refractivity contribution in [1.29, 1.82) is 0 Å². The molecule has 0 spiro atoms. The summed E-state index contributed by atoms with van der Waals surface area (Å²) in [7, 11) is 3.94. The van der Waals surface area contributed by atoms with Gasteiger partial charge < -0.3 is 15.3 Å². The fraction of sp³-hybridized carbons (Fsp3) is 0.933. The number of β-amino-alcohol motifs (C(OH)–C–C–N with tert-alkyl or cyclic N) is 1. The molecule has 0 bridgehead atoms. The number of carbonyl (C=O) groups excluding carboxylic acids is 1. The second-order valence-corrected chi connectivity index (χ2v) is 6.36. The molecule has 1 heterocycles. The predicted octanol–water partition coefficient (Wildman–Crippen LogP) is 0.680. The van der Waals surface area contributed by atoms with Gasteiger partial charge in [0, 0.05) is 19.6 Å². The van der Waals surface area contributed by atoms with Gasteiger partial charge in [0.25, 0.3) is 0 Å². The van der Waals surface area contributed by atoms with E-state index in [1.165, 1.54) is 0 Å². The van der Waals surface area contributed by atoms with Crippen molar-refractivity contribution in [2.45, 2.75) is 51.2 Å². The standard InChI is InChI=1S/C15H31N3O2/c1-5-6-9-16-14(19)13(2)18-10-7-8-15(20,12-18)11-17(3)4/h13,20H,5-12H2,1-4H3,(H,16,19). The molecule has 20 heavy (non-hydrogen) atoms. The van der Waals surface area contributed by atoms with Crippen LogP contribution in [0.5, 0.6) is 0 Å². The maximum Gasteiger partial charge on any atom is 0.237 e. The van der Waals surface area contributed by atoms with Crippen molar-refractivity contribution in [3.63, 3.8) is 0 Å². The molecule has 5 heteroatoms. The van der Waals surface area contributed by atoms with Crippen molar-refractivity contribution >= 4 is 5.91 Å². The summed E-state index contributed by atoms with van der Waals surface area (Å²) in [6, 6.07) is -0.166. The van der Waals surface area contributed by atoms with Gasteiger partial charge in [-0.25, -0.2) is 0 Å². The van der Waals surface area contributed by atoms with Crippen molar-refractivity contribution < 1.29 is 9.90 Å². The second-order valence-electron chi connectivity index (χ2n) is 6.36. The van der Waals surface area contributed by atoms with Gasteiger partial charge in [-0.1, -0.05) is 13.3 Å². The molecule has 0 saturated carbocycles. The number of unbranched alkanes of at least 4 members (excludes halogenated alkanes) is 1. The highest BCUT2D eigenvalue weighted by atomic mass is 16.3. The fourth-order valence-electron chi connectivity index (χ4n) is 2.90. The molecule has 1 aliphatic heterocycles. The van der Waals surface area contributed by atoms with Gasteiger partial charge in [-0.3, -0.25) is 9.69 Å². The maximum absolute atomic E-state index is 12.1. The van der Waals surface area contributed by atoms with Crippen molar-refractivity contribution in [1.82, 2.24) is 15.1 Å². The number of hydrogen-bond acceptors (Lipinski definition) is 4. The van der Waals surface area contributed by atoms with E-state index in [9.17, 15) is 9.90 Å². The number of piperidine rings is 1. The van der Waals surface area contributed by atoms with E-state index < -0.39 is 5.60 Å². The highest BCUT2D eigenvalue weighted by molar-refractivity contribution is 5.81. The van der Waals surface area contributed by atoms with Crippen LogP contribution in [-0.2, 0) is 4.79 Å². The number of hydrogen-bond donors (Lipinski definition) is 2. The van der Waals surface area contributed by atoms with Crippen molar-refractivity contribution in [2.24, 2.45) is 0 Å². The van der Waals surface area contributed by atoms with Gasteiger partial charge in [-0.05, 0) is 46.8 Å². The van der Waals surface area contributed by atoms with Crippen LogP contribution in [0.25, 0.3) is 0 Å². The molecule has 2 unspecified atom stereocenters. The van der Waals surface area contributed by atoms with Crippen molar-refractivity contribution in [2.75, 3.05) is 40.3 Å². The maximum atomic E-state index is 12.1. The van der Waals surface area contributed by atoms with E-state index in [4.69, 9.17) is 0 Å². The summed E-state index contributed by atoms with van der Waals surface area (Å²) < 4.78 is 0. The second kappa shape index (κ2) is 7.96. The highest BCUT2D eigenvalue weighted by Crippen LogP contribution is 2.23. The molecular formula is C15H31N3O2. The summed E-state index contributed by atoms with van der Waals surface area (Å²) in [5.41, 5.74) is -0.695. The summed E-state index contributed by atoms with van der Waals surface area (Å²) in [6.45, 7) is 6.90. The van der Waals surface area contributed by atoms with E-state index in [2.05, 4.69) is 17.1 Å². The Hall–Kier alpha value is -0.650. The number of amides is 1. The van der Waals surface area contributed by atoms with Crippen LogP contribution in [0.4, 0.5) is 0 Å². The van der Waals surface area contributed by atoms with Crippen LogP contribution in [0.3, 0.4) is 0 Å². The zero-order chi connectivity index (χ0) is 15.2. The van der Waals surface area contributed by atoms with E-state index in [0.717, 1.165) is 38.8 Å². The van der Waals surface area contributed by atoms with Crippen LogP contribution in [0.2, 0.25) is 0 Å². The van der Waals surface area contributed by atoms with Crippen LogP contribution in [0.15, 0.2) is 0 Å². The number of carbonyl (C=O) groups is 1. The SMILES string of the molecule is CCCCNC(=O)C(C)N1CCCC(O)(CN(C)C)C1. The number of aliphatic hydroxyl groups is 1. The van der Waals surface area contributed by atoms with Crippen molar-refractivity contribution in [3.05, 3.63) is 0 Å². The van der Waals surface area contributed by atoms with E-state index in [1.807, 2.05) is 25.9 Å². The zero-order valence-corrected chi connectivity index (χ0v) is 13.5. The number of nitrogens with zero attached hydrogens (tertiary/aromatic N) is 2. The average Bonchev–Trinajstić information content (AvgIpc) is 2.36. The largest absolute Gasteiger partial charge is 0.387 e. The predicted molar refractivity (Wildman–Crippen MR) is 81.7 cm³/mol. The monoisotopic (exact) mass is 285 g/mol. The average molecular weight is 285 g/mol.